The van der Waals surface area contributed by atoms with E-state index in [1.807, 2.05) is 30.3 Å². The fraction of sp³-hybridized carbons (Fsp3) is 0.143. The molecule has 0 aliphatic heterocycles. The van der Waals surface area contributed by atoms with E-state index in [-0.39, 0.29) is 0 Å². The Bertz CT molecular complexity index is 557. The van der Waals surface area contributed by atoms with E-state index in [0.717, 1.165) is 15.6 Å². The number of hydrogen-bond acceptors (Lipinski definition) is 1. The van der Waals surface area contributed by atoms with Crippen molar-refractivity contribution < 1.29 is 5.11 Å². The first kappa shape index (κ1) is 13.9. The molecular weight excluding hydrogens is 335 g/mol. The molecule has 0 saturated carbocycles. The third-order valence-electron chi connectivity index (χ3n) is 2.64. The third-order valence-corrected chi connectivity index (χ3v) is 3.80. The molecule has 0 heterocycles. The predicted octanol–water partition coefficient (Wildman–Crippen LogP) is 5.03. The van der Waals surface area contributed by atoms with Crippen molar-refractivity contribution in [2.45, 2.75) is 12.5 Å². The number of rotatable bonds is 3. The first-order valence-electron chi connectivity index (χ1n) is 5.44. The molecule has 1 N–H and O–H groups in total. The maximum atomic E-state index is 10.2. The van der Waals surface area contributed by atoms with Crippen LogP contribution < -0.4 is 0 Å². The van der Waals surface area contributed by atoms with Crippen LogP contribution in [0.3, 0.4) is 0 Å². The molecule has 1 atom stereocenters. The number of benzene rings is 2. The predicted molar refractivity (Wildman–Crippen MR) is 79.3 cm³/mol. The Morgan fingerprint density at radius 3 is 2.44 bits per heavy atom. The summed E-state index contributed by atoms with van der Waals surface area (Å²) in [5.74, 6) is 0. The van der Waals surface area contributed by atoms with Crippen LogP contribution in [0.5, 0.6) is 0 Å². The van der Waals surface area contributed by atoms with Crippen molar-refractivity contribution in [2.24, 2.45) is 0 Å². The summed E-state index contributed by atoms with van der Waals surface area (Å²) < 4.78 is 0.810. The minimum atomic E-state index is -0.588. The molecule has 2 rings (SSSR count). The summed E-state index contributed by atoms with van der Waals surface area (Å²) in [5, 5.41) is 11.5. The maximum absolute atomic E-state index is 10.2. The molecule has 0 spiro atoms. The first-order valence-corrected chi connectivity index (χ1v) is 6.98. The summed E-state index contributed by atoms with van der Waals surface area (Å²) >= 11 is 15.2. The van der Waals surface area contributed by atoms with E-state index in [2.05, 4.69) is 15.9 Å². The summed E-state index contributed by atoms with van der Waals surface area (Å²) in [6.07, 6.45) is -0.0732. The second kappa shape index (κ2) is 6.07. The molecule has 0 aromatic heterocycles. The van der Waals surface area contributed by atoms with Gasteiger partial charge in [0.25, 0.3) is 0 Å². The van der Waals surface area contributed by atoms with Crippen molar-refractivity contribution in [3.63, 3.8) is 0 Å². The topological polar surface area (TPSA) is 20.2 Å². The highest BCUT2D eigenvalue weighted by atomic mass is 79.9. The lowest BCUT2D eigenvalue weighted by molar-refractivity contribution is 0.177. The molecule has 94 valence electrons. The Kier molecular flexibility index (Phi) is 4.68. The molecule has 1 unspecified atom stereocenters. The van der Waals surface area contributed by atoms with Gasteiger partial charge in [0.15, 0.2) is 0 Å². The van der Waals surface area contributed by atoms with Crippen molar-refractivity contribution in [1.82, 2.24) is 0 Å². The van der Waals surface area contributed by atoms with Crippen molar-refractivity contribution in [3.05, 3.63) is 68.1 Å². The molecule has 0 fully saturated rings. The van der Waals surface area contributed by atoms with E-state index in [0.29, 0.717) is 16.5 Å². The normalized spacial score (nSPS) is 12.4. The van der Waals surface area contributed by atoms with E-state index in [1.165, 1.54) is 0 Å². The number of aliphatic hydroxyl groups excluding tert-OH is 1. The number of hydrogen-bond donors (Lipinski definition) is 1. The first-order chi connectivity index (χ1) is 8.56. The zero-order chi connectivity index (χ0) is 13.1. The molecule has 0 aliphatic carbocycles. The molecule has 2 aromatic carbocycles. The second-order valence-corrected chi connectivity index (χ2v) is 5.74. The van der Waals surface area contributed by atoms with Gasteiger partial charge in [-0.1, -0.05) is 57.3 Å². The van der Waals surface area contributed by atoms with Crippen molar-refractivity contribution in [3.8, 4) is 0 Å². The van der Waals surface area contributed by atoms with E-state index in [4.69, 9.17) is 23.2 Å². The van der Waals surface area contributed by atoms with Crippen molar-refractivity contribution in [1.29, 1.82) is 0 Å². The highest BCUT2D eigenvalue weighted by molar-refractivity contribution is 9.10. The van der Waals surface area contributed by atoms with Crippen LogP contribution in [0.1, 0.15) is 17.2 Å². The van der Waals surface area contributed by atoms with Crippen LogP contribution >= 0.6 is 39.1 Å². The Labute approximate surface area is 124 Å². The summed E-state index contributed by atoms with van der Waals surface area (Å²) in [6, 6.07) is 12.9. The summed E-state index contributed by atoms with van der Waals surface area (Å²) in [6.45, 7) is 0. The highest BCUT2D eigenvalue weighted by Crippen LogP contribution is 2.29. The molecule has 4 heteroatoms. The summed E-state index contributed by atoms with van der Waals surface area (Å²) in [5.41, 5.74) is 1.82. The molecule has 0 aliphatic rings. The zero-order valence-corrected chi connectivity index (χ0v) is 12.5. The monoisotopic (exact) mass is 344 g/mol. The average Bonchev–Trinajstić information content (AvgIpc) is 2.28. The highest BCUT2D eigenvalue weighted by Gasteiger charge is 2.12. The quantitative estimate of drug-likeness (QED) is 0.826. The molecule has 0 bridgehead atoms. The van der Waals surface area contributed by atoms with Gasteiger partial charge in [-0.15, -0.1) is 0 Å². The van der Waals surface area contributed by atoms with Crippen molar-refractivity contribution in [2.75, 3.05) is 0 Å². The van der Waals surface area contributed by atoms with Gasteiger partial charge in [0.1, 0.15) is 0 Å². The largest absolute Gasteiger partial charge is 0.388 e. The molecule has 0 radical (unpaired) electrons. The van der Waals surface area contributed by atoms with Gasteiger partial charge in [0.05, 0.1) is 6.10 Å². The van der Waals surface area contributed by atoms with Crippen LogP contribution in [-0.4, -0.2) is 5.11 Å². The summed E-state index contributed by atoms with van der Waals surface area (Å²) in [4.78, 5) is 0. The standard InChI is InChI=1S/C14H11BrCl2O/c15-13-8-11(17)4-5-12(13)14(18)7-9-2-1-3-10(16)6-9/h1-6,8,14,18H,7H2. The number of halogens is 3. The van der Waals surface area contributed by atoms with Gasteiger partial charge in [-0.25, -0.2) is 0 Å². The Balaban J connectivity index is 2.19. The third kappa shape index (κ3) is 3.48. The van der Waals surface area contributed by atoms with Crippen molar-refractivity contribution >= 4 is 39.1 Å². The second-order valence-electron chi connectivity index (χ2n) is 4.02. The Morgan fingerprint density at radius 2 is 1.78 bits per heavy atom. The minimum Gasteiger partial charge on any atom is -0.388 e. The average molecular weight is 346 g/mol. The van der Waals surface area contributed by atoms with Gasteiger partial charge in [0.2, 0.25) is 0 Å². The van der Waals surface area contributed by atoms with Crippen LogP contribution in [-0.2, 0) is 6.42 Å². The molecule has 1 nitrogen and oxygen atoms in total. The van der Waals surface area contributed by atoms with Gasteiger partial charge in [-0.3, -0.25) is 0 Å². The lowest BCUT2D eigenvalue weighted by Gasteiger charge is -2.13. The van der Waals surface area contributed by atoms with Gasteiger partial charge < -0.3 is 5.11 Å². The van der Waals surface area contributed by atoms with Gasteiger partial charge >= 0.3 is 0 Å². The summed E-state index contributed by atoms with van der Waals surface area (Å²) in [7, 11) is 0. The van der Waals surface area contributed by atoms with E-state index in [9.17, 15) is 5.11 Å². The molecule has 0 amide bonds. The fourth-order valence-corrected chi connectivity index (χ4v) is 2.93. The molecule has 2 aromatic rings. The maximum Gasteiger partial charge on any atom is 0.0841 e. The zero-order valence-electron chi connectivity index (χ0n) is 9.41. The van der Waals surface area contributed by atoms with Crippen LogP contribution in [0.25, 0.3) is 0 Å². The van der Waals surface area contributed by atoms with Crippen LogP contribution in [0.15, 0.2) is 46.9 Å². The van der Waals surface area contributed by atoms with Crippen LogP contribution in [0.2, 0.25) is 10.0 Å². The Morgan fingerprint density at radius 1 is 1.06 bits per heavy atom. The van der Waals surface area contributed by atoms with Crippen LogP contribution in [0.4, 0.5) is 0 Å². The lowest BCUT2D eigenvalue weighted by Crippen LogP contribution is -2.02. The molecular formula is C14H11BrCl2O. The minimum absolute atomic E-state index is 0.515. The van der Waals surface area contributed by atoms with Gasteiger partial charge in [-0.05, 0) is 35.4 Å². The van der Waals surface area contributed by atoms with Crippen LogP contribution in [0, 0.1) is 0 Å². The smallest absolute Gasteiger partial charge is 0.0841 e. The van der Waals surface area contributed by atoms with Gasteiger partial charge in [0, 0.05) is 20.9 Å². The number of aliphatic hydroxyl groups is 1. The van der Waals surface area contributed by atoms with Gasteiger partial charge in [-0.2, -0.15) is 0 Å². The molecule has 18 heavy (non-hydrogen) atoms. The Hall–Kier alpha value is -0.540. The molecule has 0 saturated heterocycles. The van der Waals surface area contributed by atoms with E-state index < -0.39 is 6.10 Å². The SMILES string of the molecule is OC(Cc1cccc(Cl)c1)c1ccc(Cl)cc1Br. The van der Waals surface area contributed by atoms with E-state index in [1.54, 1.807) is 12.1 Å². The van der Waals surface area contributed by atoms with E-state index >= 15 is 0 Å². The fourth-order valence-electron chi connectivity index (χ4n) is 1.77. The lowest BCUT2D eigenvalue weighted by atomic mass is 10.0.